The Labute approximate surface area is 129 Å². The van der Waals surface area contributed by atoms with E-state index in [-0.39, 0.29) is 0 Å². The van der Waals surface area contributed by atoms with Crippen LogP contribution in [0.4, 0.5) is 0 Å². The molecule has 0 spiro atoms. The average molecular weight is 283 g/mol. The van der Waals surface area contributed by atoms with E-state index in [0.29, 0.717) is 0 Å². The van der Waals surface area contributed by atoms with Gasteiger partial charge in [0, 0.05) is 0 Å². The van der Waals surface area contributed by atoms with Gasteiger partial charge in [0.2, 0.25) is 0 Å². The largest absolute Gasteiger partial charge is 0.296 e. The minimum absolute atomic E-state index is 0.745. The first kappa shape index (κ1) is 14.8. The van der Waals surface area contributed by atoms with Crippen LogP contribution in [0.3, 0.4) is 0 Å². The summed E-state index contributed by atoms with van der Waals surface area (Å²) in [6, 6.07) is 9.12. The summed E-state index contributed by atoms with van der Waals surface area (Å²) < 4.78 is 0. The molecular formula is C20H29N. The Kier molecular flexibility index (Phi) is 5.11. The molecule has 114 valence electrons. The number of hydrogen-bond donors (Lipinski definition) is 0. The molecule has 0 aliphatic heterocycles. The summed E-state index contributed by atoms with van der Waals surface area (Å²) in [5.74, 6) is 2.89. The van der Waals surface area contributed by atoms with Gasteiger partial charge in [-0.1, -0.05) is 56.4 Å². The fourth-order valence-electron chi connectivity index (χ4n) is 4.55. The minimum Gasteiger partial charge on any atom is -0.296 e. The number of hydrogen-bond acceptors (Lipinski definition) is 1. The summed E-state index contributed by atoms with van der Waals surface area (Å²) in [6.07, 6.45) is 13.2. The molecule has 2 aliphatic rings. The van der Waals surface area contributed by atoms with Gasteiger partial charge >= 0.3 is 0 Å². The highest BCUT2D eigenvalue weighted by Gasteiger charge is 2.28. The quantitative estimate of drug-likeness (QED) is 0.625. The second-order valence-electron chi connectivity index (χ2n) is 7.13. The zero-order valence-corrected chi connectivity index (χ0v) is 13.3. The van der Waals surface area contributed by atoms with E-state index in [1.165, 1.54) is 63.4 Å². The molecule has 0 amide bonds. The van der Waals surface area contributed by atoms with Gasteiger partial charge in [-0.3, -0.25) is 4.99 Å². The van der Waals surface area contributed by atoms with E-state index in [0.717, 1.165) is 24.3 Å². The zero-order valence-electron chi connectivity index (χ0n) is 13.3. The summed E-state index contributed by atoms with van der Waals surface area (Å²) in [6.45, 7) is 4.32. The molecule has 2 fully saturated rings. The van der Waals surface area contributed by atoms with Crippen molar-refractivity contribution in [3.05, 3.63) is 35.4 Å². The normalized spacial score (nSPS) is 27.4. The molecule has 0 aromatic heterocycles. The third kappa shape index (κ3) is 3.75. The molecule has 3 rings (SSSR count). The van der Waals surface area contributed by atoms with Crippen LogP contribution >= 0.6 is 0 Å². The van der Waals surface area contributed by atoms with Crippen molar-refractivity contribution >= 4 is 6.72 Å². The molecule has 0 bridgehead atoms. The average Bonchev–Trinajstić information content (AvgIpc) is 2.57. The fraction of sp³-hybridized carbons (Fsp3) is 0.650. The lowest BCUT2D eigenvalue weighted by molar-refractivity contribution is 0.186. The Hall–Kier alpha value is -1.11. The van der Waals surface area contributed by atoms with Crippen LogP contribution < -0.4 is 0 Å². The number of aliphatic imine (C=N–C) groups is 1. The first-order valence-electron chi connectivity index (χ1n) is 8.88. The Bertz CT molecular complexity index is 433. The van der Waals surface area contributed by atoms with E-state index in [4.69, 9.17) is 0 Å². The van der Waals surface area contributed by atoms with Crippen molar-refractivity contribution in [3.8, 4) is 0 Å². The third-order valence-electron chi connectivity index (χ3n) is 5.83. The van der Waals surface area contributed by atoms with Crippen molar-refractivity contribution in [2.75, 3.05) is 0 Å². The van der Waals surface area contributed by atoms with Crippen LogP contribution in [0.2, 0.25) is 0 Å². The standard InChI is InChI=1S/C20H29N/c1-21-15-16-7-9-18(10-8-16)20-13-11-19(12-14-20)17-5-3-2-4-6-17/h7-10,17,19-20H,1-6,11-15H2. The van der Waals surface area contributed by atoms with Gasteiger partial charge in [-0.05, 0) is 61.3 Å². The third-order valence-corrected chi connectivity index (χ3v) is 5.83. The summed E-state index contributed by atoms with van der Waals surface area (Å²) in [4.78, 5) is 3.96. The van der Waals surface area contributed by atoms with Gasteiger partial charge in [-0.15, -0.1) is 0 Å². The van der Waals surface area contributed by atoms with Crippen molar-refractivity contribution in [1.82, 2.24) is 0 Å². The lowest BCUT2D eigenvalue weighted by Crippen LogP contribution is -2.23. The molecule has 1 nitrogen and oxygen atoms in total. The maximum Gasteiger partial charge on any atom is 0.0632 e. The smallest absolute Gasteiger partial charge is 0.0632 e. The summed E-state index contributed by atoms with van der Waals surface area (Å²) in [7, 11) is 0. The molecule has 2 aliphatic carbocycles. The van der Waals surface area contributed by atoms with E-state index < -0.39 is 0 Å². The molecular weight excluding hydrogens is 254 g/mol. The van der Waals surface area contributed by atoms with Crippen LogP contribution in [0.15, 0.2) is 29.3 Å². The van der Waals surface area contributed by atoms with Crippen LogP contribution in [0.5, 0.6) is 0 Å². The van der Waals surface area contributed by atoms with Gasteiger partial charge in [0.25, 0.3) is 0 Å². The van der Waals surface area contributed by atoms with Crippen molar-refractivity contribution in [2.24, 2.45) is 16.8 Å². The Morgan fingerprint density at radius 1 is 0.810 bits per heavy atom. The lowest BCUT2D eigenvalue weighted by Gasteiger charge is -2.36. The maximum atomic E-state index is 3.96. The van der Waals surface area contributed by atoms with Crippen LogP contribution in [0.25, 0.3) is 0 Å². The zero-order chi connectivity index (χ0) is 14.5. The highest BCUT2D eigenvalue weighted by molar-refractivity contribution is 5.28. The Balaban J connectivity index is 1.53. The van der Waals surface area contributed by atoms with E-state index in [1.54, 1.807) is 5.56 Å². The van der Waals surface area contributed by atoms with Gasteiger partial charge in [0.1, 0.15) is 0 Å². The number of rotatable bonds is 4. The molecule has 0 atom stereocenters. The van der Waals surface area contributed by atoms with E-state index in [1.807, 2.05) is 0 Å². The van der Waals surface area contributed by atoms with E-state index in [2.05, 4.69) is 36.0 Å². The molecule has 1 aromatic rings. The lowest BCUT2D eigenvalue weighted by atomic mass is 9.70. The van der Waals surface area contributed by atoms with Crippen molar-refractivity contribution in [3.63, 3.8) is 0 Å². The maximum absolute atomic E-state index is 3.96. The Morgan fingerprint density at radius 3 is 2.05 bits per heavy atom. The van der Waals surface area contributed by atoms with Crippen molar-refractivity contribution in [2.45, 2.75) is 70.3 Å². The van der Waals surface area contributed by atoms with Gasteiger partial charge in [-0.2, -0.15) is 0 Å². The highest BCUT2D eigenvalue weighted by Crippen LogP contribution is 2.42. The molecule has 0 N–H and O–H groups in total. The molecule has 1 heteroatoms. The topological polar surface area (TPSA) is 12.4 Å². The molecule has 1 aromatic carbocycles. The summed E-state index contributed by atoms with van der Waals surface area (Å²) in [5, 5.41) is 0. The van der Waals surface area contributed by atoms with Crippen LogP contribution in [0, 0.1) is 11.8 Å². The second kappa shape index (κ2) is 7.24. The summed E-state index contributed by atoms with van der Waals surface area (Å²) in [5.41, 5.74) is 2.83. The predicted molar refractivity (Wildman–Crippen MR) is 91.0 cm³/mol. The first-order chi connectivity index (χ1) is 10.4. The van der Waals surface area contributed by atoms with Gasteiger partial charge in [0.05, 0.1) is 6.54 Å². The van der Waals surface area contributed by atoms with Crippen LogP contribution in [-0.2, 0) is 6.54 Å². The van der Waals surface area contributed by atoms with Gasteiger partial charge < -0.3 is 0 Å². The van der Waals surface area contributed by atoms with Crippen molar-refractivity contribution < 1.29 is 0 Å². The van der Waals surface area contributed by atoms with Gasteiger partial charge in [0.15, 0.2) is 0 Å². The Morgan fingerprint density at radius 2 is 1.43 bits per heavy atom. The van der Waals surface area contributed by atoms with Crippen molar-refractivity contribution in [1.29, 1.82) is 0 Å². The fourth-order valence-corrected chi connectivity index (χ4v) is 4.55. The van der Waals surface area contributed by atoms with E-state index in [9.17, 15) is 0 Å². The molecule has 0 radical (unpaired) electrons. The van der Waals surface area contributed by atoms with Crippen LogP contribution in [0.1, 0.15) is 74.8 Å². The minimum atomic E-state index is 0.745. The second-order valence-corrected chi connectivity index (χ2v) is 7.13. The SMILES string of the molecule is C=NCc1ccc(C2CCC(C3CCCCC3)CC2)cc1. The van der Waals surface area contributed by atoms with Gasteiger partial charge in [-0.25, -0.2) is 0 Å². The highest BCUT2D eigenvalue weighted by atomic mass is 14.7. The number of benzene rings is 1. The number of nitrogens with zero attached hydrogens (tertiary/aromatic N) is 1. The molecule has 21 heavy (non-hydrogen) atoms. The van der Waals surface area contributed by atoms with E-state index >= 15 is 0 Å². The monoisotopic (exact) mass is 283 g/mol. The molecule has 0 saturated heterocycles. The molecule has 0 heterocycles. The van der Waals surface area contributed by atoms with Crippen LogP contribution in [-0.4, -0.2) is 6.72 Å². The summed E-state index contributed by atoms with van der Waals surface area (Å²) >= 11 is 0. The first-order valence-corrected chi connectivity index (χ1v) is 8.88. The predicted octanol–water partition coefficient (Wildman–Crippen LogP) is 5.74. The molecule has 0 unspecified atom stereocenters. The molecule has 2 saturated carbocycles.